The van der Waals surface area contributed by atoms with Gasteiger partial charge >= 0.3 is 0 Å². The van der Waals surface area contributed by atoms with Crippen LogP contribution in [0.15, 0.2) is 61.7 Å². The van der Waals surface area contributed by atoms with Gasteiger partial charge in [-0.1, -0.05) is 61.7 Å². The van der Waals surface area contributed by atoms with Gasteiger partial charge < -0.3 is 9.84 Å². The van der Waals surface area contributed by atoms with Crippen LogP contribution in [0.5, 0.6) is 5.75 Å². The summed E-state index contributed by atoms with van der Waals surface area (Å²) < 4.78 is 5.71. The molecule has 1 atom stereocenters. The second-order valence-corrected chi connectivity index (χ2v) is 5.52. The number of aromatic hydroxyl groups is 1. The Morgan fingerprint density at radius 1 is 0.870 bits per heavy atom. The Morgan fingerprint density at radius 3 is 1.91 bits per heavy atom. The van der Waals surface area contributed by atoms with E-state index in [1.54, 1.807) is 18.2 Å². The van der Waals surface area contributed by atoms with Crippen molar-refractivity contribution in [2.75, 3.05) is 6.61 Å². The summed E-state index contributed by atoms with van der Waals surface area (Å²) in [7, 11) is 0. The maximum atomic E-state index is 8.82. The fourth-order valence-corrected chi connectivity index (χ4v) is 2.46. The normalized spacial score (nSPS) is 16.8. The second-order valence-electron chi connectivity index (χ2n) is 5.52. The van der Waals surface area contributed by atoms with Crippen LogP contribution in [0.2, 0.25) is 0 Å². The van der Waals surface area contributed by atoms with E-state index in [1.807, 2.05) is 18.2 Å². The van der Waals surface area contributed by atoms with Crippen LogP contribution in [0.1, 0.15) is 42.1 Å². The Hall–Kier alpha value is -2.32. The highest BCUT2D eigenvalue weighted by molar-refractivity contribution is 5.48. The lowest BCUT2D eigenvalue weighted by molar-refractivity contribution is 0.0149. The van der Waals surface area contributed by atoms with Crippen molar-refractivity contribution in [3.63, 3.8) is 0 Å². The van der Waals surface area contributed by atoms with Crippen molar-refractivity contribution >= 4 is 12.2 Å². The Bertz CT molecular complexity index is 605. The van der Waals surface area contributed by atoms with Crippen molar-refractivity contribution in [1.29, 1.82) is 0 Å². The summed E-state index contributed by atoms with van der Waals surface area (Å²) >= 11 is 0. The predicted molar refractivity (Wildman–Crippen MR) is 97.3 cm³/mol. The van der Waals surface area contributed by atoms with Crippen LogP contribution in [0.3, 0.4) is 0 Å². The van der Waals surface area contributed by atoms with Gasteiger partial charge in [-0.3, -0.25) is 0 Å². The van der Waals surface area contributed by atoms with Crippen LogP contribution < -0.4 is 0 Å². The standard InChI is InChI=1S/C13H16O.C8H8O/c1-2-11-6-8-12(9-7-11)13-5-3-4-10-14-13;1-2-7-3-5-8(9)6-4-7/h2,6-9,13H,1,3-5,10H2;2-6,9H,1H2. The van der Waals surface area contributed by atoms with Crippen LogP contribution in [-0.2, 0) is 4.74 Å². The lowest BCUT2D eigenvalue weighted by Crippen LogP contribution is -2.11. The van der Waals surface area contributed by atoms with Gasteiger partial charge in [-0.15, -0.1) is 0 Å². The number of rotatable bonds is 3. The molecule has 1 saturated heterocycles. The number of hydrogen-bond acceptors (Lipinski definition) is 2. The zero-order valence-corrected chi connectivity index (χ0v) is 13.4. The monoisotopic (exact) mass is 308 g/mol. The fraction of sp³-hybridized carbons (Fsp3) is 0.238. The van der Waals surface area contributed by atoms with Crippen molar-refractivity contribution in [2.24, 2.45) is 0 Å². The molecule has 120 valence electrons. The van der Waals surface area contributed by atoms with Gasteiger partial charge in [-0.05, 0) is 48.1 Å². The average molecular weight is 308 g/mol. The fourth-order valence-electron chi connectivity index (χ4n) is 2.46. The molecule has 0 aromatic heterocycles. The second kappa shape index (κ2) is 8.96. The Balaban J connectivity index is 0.000000185. The van der Waals surface area contributed by atoms with Crippen LogP contribution >= 0.6 is 0 Å². The number of ether oxygens (including phenoxy) is 1. The number of phenols is 1. The molecule has 0 amide bonds. The van der Waals surface area contributed by atoms with Gasteiger partial charge in [-0.2, -0.15) is 0 Å². The van der Waals surface area contributed by atoms with Crippen molar-refractivity contribution in [3.8, 4) is 5.75 Å². The minimum Gasteiger partial charge on any atom is -0.508 e. The van der Waals surface area contributed by atoms with Gasteiger partial charge in [0.15, 0.2) is 0 Å². The summed E-state index contributed by atoms with van der Waals surface area (Å²) in [6.07, 6.45) is 7.58. The molecule has 1 unspecified atom stereocenters. The third-order valence-electron chi connectivity index (χ3n) is 3.85. The SMILES string of the molecule is C=Cc1ccc(C2CCCCO2)cc1.C=Cc1ccc(O)cc1. The molecule has 3 rings (SSSR count). The van der Waals surface area contributed by atoms with Crippen molar-refractivity contribution in [2.45, 2.75) is 25.4 Å². The van der Waals surface area contributed by atoms with E-state index in [2.05, 4.69) is 37.4 Å². The van der Waals surface area contributed by atoms with Crippen molar-refractivity contribution < 1.29 is 9.84 Å². The quantitative estimate of drug-likeness (QED) is 0.799. The molecular weight excluding hydrogens is 284 g/mol. The summed E-state index contributed by atoms with van der Waals surface area (Å²) in [6, 6.07) is 15.4. The van der Waals surface area contributed by atoms with Crippen LogP contribution in [0, 0.1) is 0 Å². The molecule has 0 saturated carbocycles. The van der Waals surface area contributed by atoms with E-state index in [-0.39, 0.29) is 0 Å². The van der Waals surface area contributed by atoms with E-state index in [9.17, 15) is 0 Å². The highest BCUT2D eigenvalue weighted by Crippen LogP contribution is 2.27. The molecular formula is C21H24O2. The van der Waals surface area contributed by atoms with Gasteiger partial charge in [0, 0.05) is 6.61 Å². The Morgan fingerprint density at radius 2 is 1.43 bits per heavy atom. The molecule has 1 heterocycles. The summed E-state index contributed by atoms with van der Waals surface area (Å²) in [6.45, 7) is 8.23. The van der Waals surface area contributed by atoms with Crippen molar-refractivity contribution in [1.82, 2.24) is 0 Å². The topological polar surface area (TPSA) is 29.5 Å². The minimum atomic E-state index is 0.292. The van der Waals surface area contributed by atoms with Gasteiger partial charge in [-0.25, -0.2) is 0 Å². The first-order valence-corrected chi connectivity index (χ1v) is 7.98. The lowest BCUT2D eigenvalue weighted by Gasteiger charge is -2.22. The molecule has 0 aliphatic carbocycles. The zero-order valence-electron chi connectivity index (χ0n) is 13.4. The molecule has 0 spiro atoms. The highest BCUT2D eigenvalue weighted by Gasteiger charge is 2.15. The Labute approximate surface area is 138 Å². The molecule has 2 aromatic rings. The van der Waals surface area contributed by atoms with E-state index >= 15 is 0 Å². The van der Waals surface area contributed by atoms with Gasteiger partial charge in [0.2, 0.25) is 0 Å². The first kappa shape index (κ1) is 17.0. The molecule has 0 radical (unpaired) electrons. The van der Waals surface area contributed by atoms with Gasteiger partial charge in [0.25, 0.3) is 0 Å². The summed E-state index contributed by atoms with van der Waals surface area (Å²) in [5.41, 5.74) is 3.49. The van der Waals surface area contributed by atoms with E-state index in [0.29, 0.717) is 11.9 Å². The summed E-state index contributed by atoms with van der Waals surface area (Å²) in [5, 5.41) is 8.82. The van der Waals surface area contributed by atoms with Crippen LogP contribution in [-0.4, -0.2) is 11.7 Å². The van der Waals surface area contributed by atoms with E-state index < -0.39 is 0 Å². The maximum absolute atomic E-state index is 8.82. The van der Waals surface area contributed by atoms with Gasteiger partial charge in [0.1, 0.15) is 5.75 Å². The third-order valence-corrected chi connectivity index (χ3v) is 3.85. The summed E-state index contributed by atoms with van der Waals surface area (Å²) in [4.78, 5) is 0. The highest BCUT2D eigenvalue weighted by atomic mass is 16.5. The largest absolute Gasteiger partial charge is 0.508 e. The van der Waals surface area contributed by atoms with Crippen molar-refractivity contribution in [3.05, 3.63) is 78.4 Å². The van der Waals surface area contributed by atoms with E-state index in [0.717, 1.165) is 18.6 Å². The summed E-state index contributed by atoms with van der Waals surface area (Å²) in [5.74, 6) is 0.292. The third kappa shape index (κ3) is 5.42. The van der Waals surface area contributed by atoms with E-state index in [1.165, 1.54) is 24.0 Å². The molecule has 2 heteroatoms. The molecule has 2 aromatic carbocycles. The van der Waals surface area contributed by atoms with Crippen LogP contribution in [0.4, 0.5) is 0 Å². The predicted octanol–water partition coefficient (Wildman–Crippen LogP) is 5.61. The number of benzene rings is 2. The molecule has 1 aliphatic rings. The first-order chi connectivity index (χ1) is 11.2. The average Bonchev–Trinajstić information content (AvgIpc) is 2.64. The molecule has 1 fully saturated rings. The molecule has 2 nitrogen and oxygen atoms in total. The molecule has 1 aliphatic heterocycles. The molecule has 23 heavy (non-hydrogen) atoms. The first-order valence-electron chi connectivity index (χ1n) is 7.98. The zero-order chi connectivity index (χ0) is 16.5. The number of hydrogen-bond donors (Lipinski definition) is 1. The molecule has 0 bridgehead atoms. The smallest absolute Gasteiger partial charge is 0.115 e. The van der Waals surface area contributed by atoms with Gasteiger partial charge in [0.05, 0.1) is 6.10 Å². The minimum absolute atomic E-state index is 0.292. The molecule has 1 N–H and O–H groups in total. The Kier molecular flexibility index (Phi) is 6.64. The maximum Gasteiger partial charge on any atom is 0.115 e. The van der Waals surface area contributed by atoms with E-state index in [4.69, 9.17) is 9.84 Å². The lowest BCUT2D eigenvalue weighted by atomic mass is 10.0. The van der Waals surface area contributed by atoms with Crippen LogP contribution in [0.25, 0.3) is 12.2 Å². The number of phenolic OH excluding ortho intramolecular Hbond substituents is 1.